The van der Waals surface area contributed by atoms with Crippen LogP contribution < -0.4 is 11.1 Å². The van der Waals surface area contributed by atoms with Crippen LogP contribution in [0.15, 0.2) is 12.4 Å². The lowest BCUT2D eigenvalue weighted by Crippen LogP contribution is -2.37. The number of hydrogen-bond donors (Lipinski definition) is 2. The Morgan fingerprint density at radius 3 is 2.78 bits per heavy atom. The number of piperidine rings is 1. The van der Waals surface area contributed by atoms with Gasteiger partial charge in [0.1, 0.15) is 11.5 Å². The highest BCUT2D eigenvalue weighted by Gasteiger charge is 2.17. The van der Waals surface area contributed by atoms with Gasteiger partial charge in [-0.25, -0.2) is 9.97 Å². The molecule has 0 spiro atoms. The van der Waals surface area contributed by atoms with Crippen molar-refractivity contribution in [3.05, 3.63) is 18.1 Å². The summed E-state index contributed by atoms with van der Waals surface area (Å²) in [5.41, 5.74) is 5.74. The average molecular weight is 249 g/mol. The Bertz CT molecular complexity index is 397. The number of nitrogens with two attached hydrogens (primary N) is 1. The van der Waals surface area contributed by atoms with Crippen molar-refractivity contribution in [2.24, 2.45) is 5.92 Å². The minimum absolute atomic E-state index is 0.179. The molecule has 98 valence electrons. The minimum Gasteiger partial charge on any atom is -0.382 e. The van der Waals surface area contributed by atoms with Gasteiger partial charge >= 0.3 is 0 Å². The standard InChI is InChI=1S/C12H19N5O/c1-17-4-2-9(3-5-17)6-16-12(18)10-7-15-11(13)8-14-10/h7-9H,2-6H2,1H3,(H2,13,15)(H,16,18). The molecule has 18 heavy (non-hydrogen) atoms. The summed E-state index contributed by atoms with van der Waals surface area (Å²) in [7, 11) is 2.12. The Morgan fingerprint density at radius 2 is 2.17 bits per heavy atom. The molecule has 0 radical (unpaired) electrons. The summed E-state index contributed by atoms with van der Waals surface area (Å²) in [5.74, 6) is 0.704. The molecule has 2 rings (SSSR count). The van der Waals surface area contributed by atoms with Crippen molar-refractivity contribution in [3.8, 4) is 0 Å². The summed E-state index contributed by atoms with van der Waals surface area (Å²) in [6.45, 7) is 2.91. The summed E-state index contributed by atoms with van der Waals surface area (Å²) in [6.07, 6.45) is 5.05. The molecular formula is C12H19N5O. The molecule has 1 aliphatic rings. The van der Waals surface area contributed by atoms with Gasteiger partial charge in [-0.15, -0.1) is 0 Å². The van der Waals surface area contributed by atoms with E-state index >= 15 is 0 Å². The van der Waals surface area contributed by atoms with Crippen LogP contribution in [0.3, 0.4) is 0 Å². The second-order valence-electron chi connectivity index (χ2n) is 4.78. The van der Waals surface area contributed by atoms with Crippen LogP contribution in [-0.2, 0) is 0 Å². The van der Waals surface area contributed by atoms with Crippen molar-refractivity contribution in [1.82, 2.24) is 20.2 Å². The van der Waals surface area contributed by atoms with Crippen LogP contribution in [0.1, 0.15) is 23.3 Å². The normalized spacial score (nSPS) is 17.6. The molecule has 0 unspecified atom stereocenters. The van der Waals surface area contributed by atoms with E-state index in [9.17, 15) is 4.79 Å². The second kappa shape index (κ2) is 5.77. The van der Waals surface area contributed by atoms with Gasteiger partial charge in [-0.3, -0.25) is 4.79 Å². The Labute approximate surface area is 107 Å². The maximum absolute atomic E-state index is 11.8. The van der Waals surface area contributed by atoms with Crippen molar-refractivity contribution in [1.29, 1.82) is 0 Å². The lowest BCUT2D eigenvalue weighted by Gasteiger charge is -2.28. The number of nitrogens with one attached hydrogen (secondary N) is 1. The number of hydrogen-bond acceptors (Lipinski definition) is 5. The lowest BCUT2D eigenvalue weighted by molar-refractivity contribution is 0.0933. The average Bonchev–Trinajstić information content (AvgIpc) is 2.38. The quantitative estimate of drug-likeness (QED) is 0.795. The van der Waals surface area contributed by atoms with Crippen molar-refractivity contribution < 1.29 is 4.79 Å². The number of likely N-dealkylation sites (tertiary alicyclic amines) is 1. The molecule has 3 N–H and O–H groups in total. The first-order valence-corrected chi connectivity index (χ1v) is 6.19. The maximum Gasteiger partial charge on any atom is 0.271 e. The van der Waals surface area contributed by atoms with E-state index < -0.39 is 0 Å². The molecule has 2 heterocycles. The van der Waals surface area contributed by atoms with Gasteiger partial charge in [0.25, 0.3) is 5.91 Å². The molecule has 0 aliphatic carbocycles. The van der Waals surface area contributed by atoms with Gasteiger partial charge in [0.15, 0.2) is 0 Å². The lowest BCUT2D eigenvalue weighted by atomic mass is 9.97. The summed E-state index contributed by atoms with van der Waals surface area (Å²) in [6, 6.07) is 0. The minimum atomic E-state index is -0.179. The van der Waals surface area contributed by atoms with E-state index in [2.05, 4.69) is 27.2 Å². The predicted molar refractivity (Wildman–Crippen MR) is 69.0 cm³/mol. The van der Waals surface area contributed by atoms with Crippen molar-refractivity contribution in [2.75, 3.05) is 32.4 Å². The number of amides is 1. The zero-order valence-corrected chi connectivity index (χ0v) is 10.6. The van der Waals surface area contributed by atoms with Gasteiger partial charge in [-0.05, 0) is 38.9 Å². The third kappa shape index (κ3) is 3.40. The molecule has 6 heteroatoms. The molecule has 0 atom stereocenters. The Morgan fingerprint density at radius 1 is 1.44 bits per heavy atom. The van der Waals surface area contributed by atoms with Crippen molar-refractivity contribution >= 4 is 11.7 Å². The van der Waals surface area contributed by atoms with Gasteiger partial charge in [-0.1, -0.05) is 0 Å². The SMILES string of the molecule is CN1CCC(CNC(=O)c2cnc(N)cn2)CC1. The third-order valence-corrected chi connectivity index (χ3v) is 3.29. The molecule has 0 aromatic carbocycles. The van der Waals surface area contributed by atoms with Gasteiger partial charge in [0.05, 0.1) is 12.4 Å². The molecule has 1 fully saturated rings. The number of rotatable bonds is 3. The fraction of sp³-hybridized carbons (Fsp3) is 0.583. The smallest absolute Gasteiger partial charge is 0.271 e. The molecule has 1 amide bonds. The topological polar surface area (TPSA) is 84.1 Å². The maximum atomic E-state index is 11.8. The highest BCUT2D eigenvalue weighted by atomic mass is 16.1. The van der Waals surface area contributed by atoms with Crippen LogP contribution in [0.25, 0.3) is 0 Å². The van der Waals surface area contributed by atoms with Crippen molar-refractivity contribution in [2.45, 2.75) is 12.8 Å². The number of nitrogens with zero attached hydrogens (tertiary/aromatic N) is 3. The number of carbonyl (C=O) groups excluding carboxylic acids is 1. The van der Waals surface area contributed by atoms with E-state index in [1.807, 2.05) is 0 Å². The highest BCUT2D eigenvalue weighted by molar-refractivity contribution is 5.91. The van der Waals surface area contributed by atoms with Gasteiger partial charge in [-0.2, -0.15) is 0 Å². The van der Waals surface area contributed by atoms with Crippen LogP contribution in [0, 0.1) is 5.92 Å². The Hall–Kier alpha value is -1.69. The molecule has 6 nitrogen and oxygen atoms in total. The van der Waals surface area contributed by atoms with Crippen LogP contribution in [0.2, 0.25) is 0 Å². The number of anilines is 1. The van der Waals surface area contributed by atoms with E-state index in [1.54, 1.807) is 0 Å². The first-order chi connectivity index (χ1) is 8.65. The van der Waals surface area contributed by atoms with Gasteiger partial charge < -0.3 is 16.0 Å². The molecule has 1 aromatic heterocycles. The van der Waals surface area contributed by atoms with E-state index in [-0.39, 0.29) is 5.91 Å². The van der Waals surface area contributed by atoms with E-state index in [4.69, 9.17) is 5.73 Å². The molecule has 1 saturated heterocycles. The zero-order chi connectivity index (χ0) is 13.0. The largest absolute Gasteiger partial charge is 0.382 e. The summed E-state index contributed by atoms with van der Waals surface area (Å²) < 4.78 is 0. The first-order valence-electron chi connectivity index (χ1n) is 6.19. The molecule has 0 saturated carbocycles. The number of carbonyl (C=O) groups is 1. The van der Waals surface area contributed by atoms with Crippen molar-refractivity contribution in [3.63, 3.8) is 0 Å². The van der Waals surface area contributed by atoms with E-state index in [0.717, 1.165) is 25.9 Å². The fourth-order valence-electron chi connectivity index (χ4n) is 2.05. The van der Waals surface area contributed by atoms with E-state index in [0.29, 0.717) is 24.0 Å². The Balaban J connectivity index is 1.79. The summed E-state index contributed by atoms with van der Waals surface area (Å²) in [5, 5.41) is 2.90. The second-order valence-corrected chi connectivity index (χ2v) is 4.78. The molecule has 1 aromatic rings. The fourth-order valence-corrected chi connectivity index (χ4v) is 2.05. The predicted octanol–water partition coefficient (Wildman–Crippen LogP) is 0.130. The molecular weight excluding hydrogens is 230 g/mol. The van der Waals surface area contributed by atoms with Crippen LogP contribution in [-0.4, -0.2) is 47.5 Å². The van der Waals surface area contributed by atoms with Gasteiger partial charge in [0.2, 0.25) is 0 Å². The van der Waals surface area contributed by atoms with Crippen LogP contribution in [0.5, 0.6) is 0 Å². The zero-order valence-electron chi connectivity index (χ0n) is 10.6. The van der Waals surface area contributed by atoms with Crippen LogP contribution >= 0.6 is 0 Å². The number of aromatic nitrogens is 2. The monoisotopic (exact) mass is 249 g/mol. The molecule has 1 aliphatic heterocycles. The summed E-state index contributed by atoms with van der Waals surface area (Å²) >= 11 is 0. The highest BCUT2D eigenvalue weighted by Crippen LogP contribution is 2.14. The van der Waals surface area contributed by atoms with E-state index in [1.165, 1.54) is 12.4 Å². The van der Waals surface area contributed by atoms with Gasteiger partial charge in [0, 0.05) is 6.54 Å². The summed E-state index contributed by atoms with van der Waals surface area (Å²) in [4.78, 5) is 21.9. The number of nitrogen functional groups attached to an aromatic ring is 1. The Kier molecular flexibility index (Phi) is 4.09. The molecule has 0 bridgehead atoms. The van der Waals surface area contributed by atoms with Crippen LogP contribution in [0.4, 0.5) is 5.82 Å². The first kappa shape index (κ1) is 12.8. The third-order valence-electron chi connectivity index (χ3n) is 3.29.